The number of hydrogen-bond donors (Lipinski definition) is 2. The quantitative estimate of drug-likeness (QED) is 0.529. The zero-order valence-electron chi connectivity index (χ0n) is 14.1. The van der Waals surface area contributed by atoms with Gasteiger partial charge in [-0.25, -0.2) is 4.79 Å². The van der Waals surface area contributed by atoms with E-state index in [1.807, 2.05) is 36.6 Å². The number of methoxy groups -OCH3 is 1. The van der Waals surface area contributed by atoms with E-state index in [0.717, 1.165) is 27.0 Å². The van der Waals surface area contributed by atoms with Gasteiger partial charge in [-0.15, -0.1) is 22.7 Å². The number of ether oxygens (including phenoxy) is 1. The van der Waals surface area contributed by atoms with Gasteiger partial charge in [0, 0.05) is 4.70 Å². The minimum Gasteiger partial charge on any atom is -0.465 e. The van der Waals surface area contributed by atoms with Crippen LogP contribution in [0.1, 0.15) is 28.9 Å². The number of esters is 1. The Labute approximate surface area is 157 Å². The van der Waals surface area contributed by atoms with Crippen molar-refractivity contribution in [1.29, 1.82) is 0 Å². The summed E-state index contributed by atoms with van der Waals surface area (Å²) < 4.78 is 5.77. The predicted octanol–water partition coefficient (Wildman–Crippen LogP) is 3.57. The summed E-state index contributed by atoms with van der Waals surface area (Å²) in [4.78, 5) is 36.0. The maximum Gasteiger partial charge on any atom is 0.340 e. The Morgan fingerprint density at radius 2 is 1.85 bits per heavy atom. The molecule has 0 unspecified atom stereocenters. The Morgan fingerprint density at radius 1 is 1.08 bits per heavy atom. The highest BCUT2D eigenvalue weighted by atomic mass is 32.1. The number of thiophene rings is 2. The highest BCUT2D eigenvalue weighted by molar-refractivity contribution is 7.17. The summed E-state index contributed by atoms with van der Waals surface area (Å²) >= 11 is 2.73. The van der Waals surface area contributed by atoms with Crippen molar-refractivity contribution >= 4 is 55.5 Å². The van der Waals surface area contributed by atoms with E-state index in [-0.39, 0.29) is 16.6 Å². The minimum atomic E-state index is -0.830. The number of nitrogens with one attached hydrogen (secondary N) is 2. The van der Waals surface area contributed by atoms with Gasteiger partial charge in [0.25, 0.3) is 0 Å². The molecule has 134 valence electrons. The third-order valence-corrected chi connectivity index (χ3v) is 5.64. The van der Waals surface area contributed by atoms with Gasteiger partial charge in [0.1, 0.15) is 5.00 Å². The van der Waals surface area contributed by atoms with Crippen molar-refractivity contribution in [2.75, 3.05) is 12.4 Å². The number of rotatable bonds is 4. The molecule has 0 bridgehead atoms. The molecule has 0 aliphatic heterocycles. The lowest BCUT2D eigenvalue weighted by atomic mass is 10.1. The van der Waals surface area contributed by atoms with Crippen molar-refractivity contribution in [1.82, 2.24) is 5.32 Å². The molecule has 0 aliphatic carbocycles. The SMILES string of the molecule is COC(=O)c1ccsc1NC(=O)C(=O)N[C@H](C)c1csc2ccccc12. The number of fused-ring (bicyclic) bond motifs is 1. The molecule has 0 radical (unpaired) electrons. The monoisotopic (exact) mass is 388 g/mol. The van der Waals surface area contributed by atoms with E-state index >= 15 is 0 Å². The molecule has 26 heavy (non-hydrogen) atoms. The van der Waals surface area contributed by atoms with Crippen LogP contribution in [0, 0.1) is 0 Å². The van der Waals surface area contributed by atoms with Crippen LogP contribution in [0.5, 0.6) is 0 Å². The summed E-state index contributed by atoms with van der Waals surface area (Å²) in [5, 5.41) is 10.1. The van der Waals surface area contributed by atoms with Crippen molar-refractivity contribution in [3.05, 3.63) is 52.2 Å². The molecule has 2 N–H and O–H groups in total. The number of anilines is 1. The summed E-state index contributed by atoms with van der Waals surface area (Å²) in [6.07, 6.45) is 0. The zero-order chi connectivity index (χ0) is 18.7. The van der Waals surface area contributed by atoms with E-state index < -0.39 is 17.8 Å². The normalized spacial score (nSPS) is 11.8. The molecule has 0 spiro atoms. The van der Waals surface area contributed by atoms with E-state index in [2.05, 4.69) is 15.4 Å². The number of benzene rings is 1. The molecule has 3 rings (SSSR count). The average Bonchev–Trinajstić information content (AvgIpc) is 3.27. The van der Waals surface area contributed by atoms with Crippen LogP contribution in [-0.4, -0.2) is 24.9 Å². The number of carbonyl (C=O) groups excluding carboxylic acids is 3. The zero-order valence-corrected chi connectivity index (χ0v) is 15.7. The molecule has 2 heterocycles. The third-order valence-electron chi connectivity index (χ3n) is 3.83. The van der Waals surface area contributed by atoms with Gasteiger partial charge in [-0.05, 0) is 40.8 Å². The van der Waals surface area contributed by atoms with Crippen molar-refractivity contribution in [2.24, 2.45) is 0 Å². The highest BCUT2D eigenvalue weighted by Crippen LogP contribution is 2.30. The summed E-state index contributed by atoms with van der Waals surface area (Å²) in [6, 6.07) is 9.09. The third kappa shape index (κ3) is 3.61. The summed E-state index contributed by atoms with van der Waals surface area (Å²) in [5.41, 5.74) is 1.17. The molecule has 1 aromatic carbocycles. The topological polar surface area (TPSA) is 84.5 Å². The van der Waals surface area contributed by atoms with Crippen LogP contribution in [-0.2, 0) is 14.3 Å². The maximum absolute atomic E-state index is 12.2. The van der Waals surface area contributed by atoms with Crippen LogP contribution in [0.25, 0.3) is 10.1 Å². The van der Waals surface area contributed by atoms with Crippen LogP contribution in [0.3, 0.4) is 0 Å². The van der Waals surface area contributed by atoms with E-state index in [1.165, 1.54) is 13.2 Å². The first kappa shape index (κ1) is 18.1. The molecule has 8 heteroatoms. The van der Waals surface area contributed by atoms with Gasteiger partial charge in [-0.2, -0.15) is 0 Å². The number of hydrogen-bond acceptors (Lipinski definition) is 6. The first-order valence-electron chi connectivity index (χ1n) is 7.75. The molecular formula is C18H16N2O4S2. The first-order valence-corrected chi connectivity index (χ1v) is 9.51. The lowest BCUT2D eigenvalue weighted by Gasteiger charge is -2.13. The average molecular weight is 388 g/mol. The Bertz CT molecular complexity index is 976. The Kier molecular flexibility index (Phi) is 5.34. The maximum atomic E-state index is 12.2. The first-order chi connectivity index (χ1) is 12.5. The van der Waals surface area contributed by atoms with Crippen molar-refractivity contribution in [3.63, 3.8) is 0 Å². The number of carbonyl (C=O) groups is 3. The van der Waals surface area contributed by atoms with Crippen molar-refractivity contribution < 1.29 is 19.1 Å². The molecule has 0 saturated heterocycles. The Hall–Kier alpha value is -2.71. The molecule has 6 nitrogen and oxygen atoms in total. The molecule has 0 saturated carbocycles. The molecule has 2 amide bonds. The van der Waals surface area contributed by atoms with Crippen LogP contribution < -0.4 is 10.6 Å². The smallest absolute Gasteiger partial charge is 0.340 e. The lowest BCUT2D eigenvalue weighted by Crippen LogP contribution is -2.36. The fourth-order valence-electron chi connectivity index (χ4n) is 2.51. The van der Waals surface area contributed by atoms with Crippen LogP contribution in [0.4, 0.5) is 5.00 Å². The minimum absolute atomic E-state index is 0.218. The van der Waals surface area contributed by atoms with Crippen molar-refractivity contribution in [2.45, 2.75) is 13.0 Å². The van der Waals surface area contributed by atoms with E-state index in [4.69, 9.17) is 0 Å². The Balaban J connectivity index is 1.69. The molecule has 2 aromatic heterocycles. The molecule has 3 aromatic rings. The van der Waals surface area contributed by atoms with Crippen LogP contribution in [0.2, 0.25) is 0 Å². The number of amides is 2. The van der Waals surface area contributed by atoms with Gasteiger partial charge in [0.2, 0.25) is 0 Å². The van der Waals surface area contributed by atoms with Gasteiger partial charge in [-0.1, -0.05) is 18.2 Å². The predicted molar refractivity (Wildman–Crippen MR) is 103 cm³/mol. The standard InChI is InChI=1S/C18H16N2O4S2/c1-10(13-9-26-14-6-4-3-5-11(13)14)19-15(21)16(22)20-17-12(7-8-25-17)18(23)24-2/h3-10H,1-2H3,(H,19,21)(H,20,22)/t10-/m1/s1. The van der Waals surface area contributed by atoms with Crippen molar-refractivity contribution in [3.8, 4) is 0 Å². The van der Waals surface area contributed by atoms with Crippen LogP contribution >= 0.6 is 22.7 Å². The molecule has 0 aliphatic rings. The molecular weight excluding hydrogens is 372 g/mol. The summed E-state index contributed by atoms with van der Waals surface area (Å²) in [7, 11) is 1.26. The second kappa shape index (κ2) is 7.67. The second-order valence-corrected chi connectivity index (χ2v) is 7.32. The van der Waals surface area contributed by atoms with E-state index in [0.29, 0.717) is 0 Å². The highest BCUT2D eigenvalue weighted by Gasteiger charge is 2.22. The van der Waals surface area contributed by atoms with Gasteiger partial charge in [-0.3, -0.25) is 9.59 Å². The fourth-order valence-corrected chi connectivity index (χ4v) is 4.34. The van der Waals surface area contributed by atoms with Gasteiger partial charge in [0.05, 0.1) is 18.7 Å². The fraction of sp³-hybridized carbons (Fsp3) is 0.167. The van der Waals surface area contributed by atoms with Gasteiger partial charge in [0.15, 0.2) is 0 Å². The van der Waals surface area contributed by atoms with Gasteiger partial charge >= 0.3 is 17.8 Å². The Morgan fingerprint density at radius 3 is 2.62 bits per heavy atom. The van der Waals surface area contributed by atoms with Gasteiger partial charge < -0.3 is 15.4 Å². The summed E-state index contributed by atoms with van der Waals surface area (Å²) in [6.45, 7) is 1.82. The largest absolute Gasteiger partial charge is 0.465 e. The van der Waals surface area contributed by atoms with E-state index in [1.54, 1.807) is 16.7 Å². The molecule has 1 atom stereocenters. The van der Waals surface area contributed by atoms with Crippen LogP contribution in [0.15, 0.2) is 41.1 Å². The van der Waals surface area contributed by atoms with E-state index in [9.17, 15) is 14.4 Å². The summed E-state index contributed by atoms with van der Waals surface area (Å²) in [5.74, 6) is -2.17. The second-order valence-electron chi connectivity index (χ2n) is 5.49. The lowest BCUT2D eigenvalue weighted by molar-refractivity contribution is -0.136. The molecule has 0 fully saturated rings.